The maximum Gasteiger partial charge on any atom is 0.139 e. The van der Waals surface area contributed by atoms with Gasteiger partial charge in [-0.2, -0.15) is 11.3 Å². The van der Waals surface area contributed by atoms with E-state index in [1.54, 1.807) is 17.4 Å². The largest absolute Gasteiger partial charge is 0.508 e. The Morgan fingerprint density at radius 1 is 0.966 bits per heavy atom. The zero-order valence-corrected chi connectivity index (χ0v) is 19.0. The molecule has 0 aliphatic rings. The SMILES string of the molecule is CC(C)(C)NCc1ccc(Nc2nc3ccccc3c3cscc23)cc1O.Cl.Cl. The monoisotopic (exact) mass is 449 g/mol. The molecule has 0 bridgehead atoms. The molecule has 4 rings (SSSR count). The summed E-state index contributed by atoms with van der Waals surface area (Å²) in [6, 6.07) is 13.8. The van der Waals surface area contributed by atoms with Crippen LogP contribution in [0.1, 0.15) is 26.3 Å². The molecule has 0 amide bonds. The summed E-state index contributed by atoms with van der Waals surface area (Å²) in [5, 5.41) is 24.9. The van der Waals surface area contributed by atoms with Crippen molar-refractivity contribution < 1.29 is 5.11 Å². The van der Waals surface area contributed by atoms with Crippen LogP contribution in [-0.4, -0.2) is 15.6 Å². The highest BCUT2D eigenvalue weighted by atomic mass is 35.5. The molecule has 0 unspecified atom stereocenters. The number of aromatic hydroxyl groups is 1. The molecular formula is C22H25Cl2N3OS. The van der Waals surface area contributed by atoms with E-state index < -0.39 is 0 Å². The van der Waals surface area contributed by atoms with Crippen LogP contribution in [0.3, 0.4) is 0 Å². The van der Waals surface area contributed by atoms with Crippen molar-refractivity contribution in [3.8, 4) is 5.75 Å². The number of nitrogens with one attached hydrogen (secondary N) is 2. The Morgan fingerprint density at radius 2 is 1.69 bits per heavy atom. The molecule has 0 saturated carbocycles. The average Bonchev–Trinajstić information content (AvgIpc) is 3.11. The van der Waals surface area contributed by atoms with Gasteiger partial charge in [-0.05, 0) is 38.3 Å². The molecule has 7 heteroatoms. The average molecular weight is 450 g/mol. The summed E-state index contributed by atoms with van der Waals surface area (Å²) in [6.07, 6.45) is 0. The molecule has 4 nitrogen and oxygen atoms in total. The van der Waals surface area contributed by atoms with Gasteiger partial charge in [-0.3, -0.25) is 0 Å². The summed E-state index contributed by atoms with van der Waals surface area (Å²) in [5.41, 5.74) is 2.66. The van der Waals surface area contributed by atoms with Crippen LogP contribution in [0.2, 0.25) is 0 Å². The molecule has 0 fully saturated rings. The highest BCUT2D eigenvalue weighted by Crippen LogP contribution is 2.34. The fourth-order valence-electron chi connectivity index (χ4n) is 3.05. The van der Waals surface area contributed by atoms with E-state index in [1.807, 2.05) is 30.3 Å². The molecule has 4 aromatic rings. The number of hydrogen-bond donors (Lipinski definition) is 3. The summed E-state index contributed by atoms with van der Waals surface area (Å²) in [4.78, 5) is 4.79. The minimum Gasteiger partial charge on any atom is -0.508 e. The van der Waals surface area contributed by atoms with Gasteiger partial charge in [0.15, 0.2) is 0 Å². The molecule has 29 heavy (non-hydrogen) atoms. The van der Waals surface area contributed by atoms with Gasteiger partial charge in [-0.25, -0.2) is 4.98 Å². The molecule has 0 aliphatic carbocycles. The molecule has 2 heterocycles. The second-order valence-electron chi connectivity index (χ2n) is 7.75. The molecule has 2 aromatic heterocycles. The first-order valence-electron chi connectivity index (χ1n) is 8.99. The van der Waals surface area contributed by atoms with Crippen LogP contribution in [0.4, 0.5) is 11.5 Å². The number of para-hydroxylation sites is 1. The Balaban J connectivity index is 0.00000150. The van der Waals surface area contributed by atoms with Crippen molar-refractivity contribution in [1.82, 2.24) is 10.3 Å². The van der Waals surface area contributed by atoms with Crippen LogP contribution in [0.15, 0.2) is 53.2 Å². The molecular weight excluding hydrogens is 425 g/mol. The highest BCUT2D eigenvalue weighted by molar-refractivity contribution is 7.09. The number of aromatic nitrogens is 1. The van der Waals surface area contributed by atoms with Crippen molar-refractivity contribution in [3.05, 3.63) is 58.8 Å². The lowest BCUT2D eigenvalue weighted by atomic mass is 10.1. The lowest BCUT2D eigenvalue weighted by molar-refractivity contribution is 0.412. The lowest BCUT2D eigenvalue weighted by Crippen LogP contribution is -2.35. The first-order chi connectivity index (χ1) is 12.9. The number of phenolic OH excluding ortho intramolecular Hbond substituents is 1. The van der Waals surface area contributed by atoms with Gasteiger partial charge in [-0.15, -0.1) is 24.8 Å². The molecule has 0 radical (unpaired) electrons. The van der Waals surface area contributed by atoms with Crippen LogP contribution in [-0.2, 0) is 6.54 Å². The van der Waals surface area contributed by atoms with E-state index in [2.05, 4.69) is 48.2 Å². The Morgan fingerprint density at radius 3 is 2.41 bits per heavy atom. The van der Waals surface area contributed by atoms with E-state index >= 15 is 0 Å². The second kappa shape index (κ2) is 9.18. The van der Waals surface area contributed by atoms with Crippen molar-refractivity contribution in [1.29, 1.82) is 0 Å². The van der Waals surface area contributed by atoms with Crippen molar-refractivity contribution >= 4 is 69.3 Å². The molecule has 2 aromatic carbocycles. The van der Waals surface area contributed by atoms with Crippen LogP contribution < -0.4 is 10.6 Å². The Hall–Kier alpha value is -2.05. The van der Waals surface area contributed by atoms with Gasteiger partial charge in [0.05, 0.1) is 5.52 Å². The van der Waals surface area contributed by atoms with E-state index in [0.717, 1.165) is 33.4 Å². The zero-order chi connectivity index (χ0) is 19.0. The summed E-state index contributed by atoms with van der Waals surface area (Å²) in [7, 11) is 0. The summed E-state index contributed by atoms with van der Waals surface area (Å²) in [5.74, 6) is 1.09. The van der Waals surface area contributed by atoms with Crippen molar-refractivity contribution in [2.75, 3.05) is 5.32 Å². The van der Waals surface area contributed by atoms with Crippen molar-refractivity contribution in [2.24, 2.45) is 0 Å². The fraction of sp³-hybridized carbons (Fsp3) is 0.227. The van der Waals surface area contributed by atoms with Crippen LogP contribution >= 0.6 is 36.2 Å². The van der Waals surface area contributed by atoms with Gasteiger partial charge in [0, 0.05) is 50.9 Å². The van der Waals surface area contributed by atoms with Crippen LogP contribution in [0, 0.1) is 0 Å². The van der Waals surface area contributed by atoms with Crippen LogP contribution in [0.25, 0.3) is 21.7 Å². The third-order valence-electron chi connectivity index (χ3n) is 4.50. The standard InChI is InChI=1S/C22H23N3OS.2ClH/c1-22(2,3)23-11-14-8-9-15(10-20(14)26)24-21-18-13-27-12-17(18)16-6-4-5-7-19(16)25-21;;/h4-10,12-13,23,26H,11H2,1-3H3,(H,24,25);2*1H. The highest BCUT2D eigenvalue weighted by Gasteiger charge is 2.12. The quantitative estimate of drug-likeness (QED) is 0.327. The number of rotatable bonds is 4. The van der Waals surface area contributed by atoms with Gasteiger partial charge in [-0.1, -0.05) is 24.3 Å². The number of nitrogens with zero attached hydrogens (tertiary/aromatic N) is 1. The third-order valence-corrected chi connectivity index (χ3v) is 5.24. The number of thiophene rings is 1. The number of fused-ring (bicyclic) bond motifs is 3. The minimum atomic E-state index is 0. The molecule has 154 valence electrons. The van der Waals surface area contributed by atoms with Gasteiger partial charge in [0.25, 0.3) is 0 Å². The zero-order valence-electron chi connectivity index (χ0n) is 16.5. The first kappa shape index (κ1) is 23.2. The maximum atomic E-state index is 10.4. The second-order valence-corrected chi connectivity index (χ2v) is 8.49. The summed E-state index contributed by atoms with van der Waals surface area (Å²) >= 11 is 1.67. The van der Waals surface area contributed by atoms with Gasteiger partial charge < -0.3 is 15.7 Å². The summed E-state index contributed by atoms with van der Waals surface area (Å²) < 4.78 is 0. The molecule has 3 N–H and O–H groups in total. The number of halogens is 2. The topological polar surface area (TPSA) is 57.2 Å². The van der Waals surface area contributed by atoms with E-state index in [0.29, 0.717) is 6.54 Å². The minimum absolute atomic E-state index is 0. The number of pyridine rings is 1. The Labute approximate surface area is 187 Å². The van der Waals surface area contributed by atoms with E-state index in [4.69, 9.17) is 4.98 Å². The van der Waals surface area contributed by atoms with Gasteiger partial charge in [0.2, 0.25) is 0 Å². The van der Waals surface area contributed by atoms with Crippen LogP contribution in [0.5, 0.6) is 5.75 Å². The predicted molar refractivity (Wildman–Crippen MR) is 130 cm³/mol. The fourth-order valence-corrected chi connectivity index (χ4v) is 3.88. The smallest absolute Gasteiger partial charge is 0.139 e. The number of hydrogen-bond acceptors (Lipinski definition) is 5. The molecule has 0 saturated heterocycles. The van der Waals surface area contributed by atoms with Gasteiger partial charge >= 0.3 is 0 Å². The summed E-state index contributed by atoms with van der Waals surface area (Å²) in [6.45, 7) is 6.95. The maximum absolute atomic E-state index is 10.4. The lowest BCUT2D eigenvalue weighted by Gasteiger charge is -2.21. The molecule has 0 aliphatic heterocycles. The van der Waals surface area contributed by atoms with E-state index in [1.165, 1.54) is 5.39 Å². The number of anilines is 2. The predicted octanol–water partition coefficient (Wildman–Crippen LogP) is 6.63. The molecule has 0 spiro atoms. The molecule has 0 atom stereocenters. The van der Waals surface area contributed by atoms with Gasteiger partial charge in [0.1, 0.15) is 11.6 Å². The number of benzene rings is 2. The van der Waals surface area contributed by atoms with Crippen molar-refractivity contribution in [2.45, 2.75) is 32.9 Å². The first-order valence-corrected chi connectivity index (χ1v) is 9.93. The van der Waals surface area contributed by atoms with Crippen molar-refractivity contribution in [3.63, 3.8) is 0 Å². The normalized spacial score (nSPS) is 11.1. The van der Waals surface area contributed by atoms with E-state index in [9.17, 15) is 5.11 Å². The Kier molecular flexibility index (Phi) is 7.35. The Bertz CT molecular complexity index is 1120. The number of phenols is 1. The third kappa shape index (κ3) is 5.11. The van der Waals surface area contributed by atoms with E-state index in [-0.39, 0.29) is 36.1 Å².